The van der Waals surface area contributed by atoms with Crippen LogP contribution in [0, 0.1) is 6.92 Å². The van der Waals surface area contributed by atoms with Crippen LogP contribution in [0.3, 0.4) is 0 Å². The highest BCUT2D eigenvalue weighted by molar-refractivity contribution is 9.10. The Morgan fingerprint density at radius 1 is 0.893 bits per heavy atom. The molecule has 0 atom stereocenters. The van der Waals surface area contributed by atoms with Crippen LogP contribution >= 0.6 is 15.9 Å². The highest BCUT2D eigenvalue weighted by Gasteiger charge is 2.19. The van der Waals surface area contributed by atoms with Crippen LogP contribution in [0.1, 0.15) is 16.7 Å². The predicted octanol–water partition coefficient (Wildman–Crippen LogP) is 3.06. The Balaban J connectivity index is 1.90. The van der Waals surface area contributed by atoms with Gasteiger partial charge >= 0.3 is 5.69 Å². The molecular formula is C21H19BrN4O2. The lowest BCUT2D eigenvalue weighted by Crippen LogP contribution is -2.40. The average Bonchev–Trinajstić information content (AvgIpc) is 3.02. The zero-order chi connectivity index (χ0) is 19.8. The average molecular weight is 439 g/mol. The Kier molecular flexibility index (Phi) is 4.77. The third-order valence-corrected chi connectivity index (χ3v) is 5.44. The summed E-state index contributed by atoms with van der Waals surface area (Å²) in [5, 5.41) is 0. The largest absolute Gasteiger partial charge is 0.332 e. The molecule has 0 aliphatic rings. The normalized spacial score (nSPS) is 11.2. The molecule has 2 aromatic carbocycles. The summed E-state index contributed by atoms with van der Waals surface area (Å²) < 4.78 is 5.02. The van der Waals surface area contributed by atoms with Crippen molar-refractivity contribution in [2.75, 3.05) is 0 Å². The molecule has 0 saturated carbocycles. The van der Waals surface area contributed by atoms with Crippen LogP contribution in [0.15, 0.2) is 68.9 Å². The van der Waals surface area contributed by atoms with Crippen LogP contribution < -0.4 is 11.2 Å². The van der Waals surface area contributed by atoms with E-state index in [9.17, 15) is 9.59 Å². The maximum atomic E-state index is 13.3. The van der Waals surface area contributed by atoms with Gasteiger partial charge in [0.15, 0.2) is 15.9 Å². The number of halogens is 1. The number of benzene rings is 2. The molecule has 0 spiro atoms. The monoisotopic (exact) mass is 438 g/mol. The summed E-state index contributed by atoms with van der Waals surface area (Å²) in [6, 6.07) is 17.6. The molecule has 0 saturated heterocycles. The molecular weight excluding hydrogens is 420 g/mol. The van der Waals surface area contributed by atoms with Crippen molar-refractivity contribution in [3.05, 3.63) is 96.9 Å². The Labute approximate surface area is 169 Å². The fourth-order valence-electron chi connectivity index (χ4n) is 3.27. The second-order valence-electron chi connectivity index (χ2n) is 6.84. The Hall–Kier alpha value is -2.93. The number of nitrogens with zero attached hydrogens (tertiary/aromatic N) is 4. The van der Waals surface area contributed by atoms with Gasteiger partial charge < -0.3 is 4.57 Å². The van der Waals surface area contributed by atoms with E-state index in [1.807, 2.05) is 66.1 Å². The number of imidazole rings is 1. The lowest BCUT2D eigenvalue weighted by Gasteiger charge is -2.10. The summed E-state index contributed by atoms with van der Waals surface area (Å²) in [7, 11) is 1.64. The van der Waals surface area contributed by atoms with Gasteiger partial charge in [-0.1, -0.05) is 60.2 Å². The van der Waals surface area contributed by atoms with Gasteiger partial charge in [0.1, 0.15) is 0 Å². The second kappa shape index (κ2) is 7.24. The highest BCUT2D eigenvalue weighted by atomic mass is 79.9. The van der Waals surface area contributed by atoms with E-state index >= 15 is 0 Å². The third kappa shape index (κ3) is 3.22. The van der Waals surface area contributed by atoms with Gasteiger partial charge in [0.2, 0.25) is 0 Å². The van der Waals surface area contributed by atoms with E-state index in [4.69, 9.17) is 0 Å². The molecule has 0 aliphatic carbocycles. The molecule has 28 heavy (non-hydrogen) atoms. The predicted molar refractivity (Wildman–Crippen MR) is 113 cm³/mol. The molecule has 4 aromatic rings. The molecule has 0 unspecified atom stereocenters. The van der Waals surface area contributed by atoms with E-state index < -0.39 is 0 Å². The van der Waals surface area contributed by atoms with Crippen molar-refractivity contribution in [3.63, 3.8) is 0 Å². The maximum Gasteiger partial charge on any atom is 0.332 e. The van der Waals surface area contributed by atoms with Crippen LogP contribution in [0.4, 0.5) is 0 Å². The van der Waals surface area contributed by atoms with Crippen molar-refractivity contribution < 1.29 is 0 Å². The molecule has 0 radical (unpaired) electrons. The van der Waals surface area contributed by atoms with Crippen LogP contribution in [-0.4, -0.2) is 18.7 Å². The summed E-state index contributed by atoms with van der Waals surface area (Å²) >= 11 is 3.45. The summed E-state index contributed by atoms with van der Waals surface area (Å²) in [6.45, 7) is 2.73. The van der Waals surface area contributed by atoms with Crippen LogP contribution in [0.5, 0.6) is 0 Å². The van der Waals surface area contributed by atoms with Crippen LogP contribution in [0.25, 0.3) is 11.2 Å². The fraction of sp³-hybridized carbons (Fsp3) is 0.190. The Morgan fingerprint density at radius 2 is 1.50 bits per heavy atom. The number of aryl methyl sites for hydroxylation is 2. The molecule has 2 aromatic heterocycles. The van der Waals surface area contributed by atoms with Crippen LogP contribution in [-0.2, 0) is 20.1 Å². The van der Waals surface area contributed by atoms with E-state index in [1.54, 1.807) is 7.05 Å². The topological polar surface area (TPSA) is 61.8 Å². The molecule has 0 N–H and O–H groups in total. The summed E-state index contributed by atoms with van der Waals surface area (Å²) in [6.07, 6.45) is 0. The first-order valence-corrected chi connectivity index (χ1v) is 9.70. The molecule has 6 nitrogen and oxygen atoms in total. The minimum atomic E-state index is -0.381. The smallest absolute Gasteiger partial charge is 0.308 e. The summed E-state index contributed by atoms with van der Waals surface area (Å²) in [4.78, 5) is 30.5. The minimum Gasteiger partial charge on any atom is -0.308 e. The molecule has 2 heterocycles. The maximum absolute atomic E-state index is 13.3. The standard InChI is InChI=1S/C21H19BrN4O2/c1-14-8-10-16(11-9-14)12-25-17-18(23-20(25)22)24(2)21(28)26(19(17)27)13-15-6-4-3-5-7-15/h3-11H,12-13H2,1-2H3. The molecule has 0 bridgehead atoms. The molecule has 0 aliphatic heterocycles. The molecule has 0 amide bonds. The van der Waals surface area contributed by atoms with Gasteiger partial charge in [-0.3, -0.25) is 13.9 Å². The van der Waals surface area contributed by atoms with Crippen molar-refractivity contribution in [2.45, 2.75) is 20.0 Å². The number of hydrogen-bond acceptors (Lipinski definition) is 3. The first-order chi connectivity index (χ1) is 13.5. The Morgan fingerprint density at radius 3 is 2.18 bits per heavy atom. The second-order valence-corrected chi connectivity index (χ2v) is 7.55. The minimum absolute atomic E-state index is 0.218. The van der Waals surface area contributed by atoms with E-state index in [0.29, 0.717) is 22.4 Å². The third-order valence-electron chi connectivity index (χ3n) is 4.83. The van der Waals surface area contributed by atoms with E-state index in [2.05, 4.69) is 20.9 Å². The van der Waals surface area contributed by atoms with E-state index in [1.165, 1.54) is 14.7 Å². The first-order valence-electron chi connectivity index (χ1n) is 8.90. The zero-order valence-electron chi connectivity index (χ0n) is 15.6. The lowest BCUT2D eigenvalue weighted by atomic mass is 10.1. The van der Waals surface area contributed by atoms with Gasteiger partial charge in [-0.2, -0.15) is 0 Å². The highest BCUT2D eigenvalue weighted by Crippen LogP contribution is 2.18. The van der Waals surface area contributed by atoms with Gasteiger partial charge in [-0.15, -0.1) is 0 Å². The lowest BCUT2D eigenvalue weighted by molar-refractivity contribution is 0.653. The molecule has 142 valence electrons. The molecule has 0 fully saturated rings. The molecule has 4 rings (SSSR count). The van der Waals surface area contributed by atoms with Crippen LogP contribution in [0.2, 0.25) is 0 Å². The molecule has 7 heteroatoms. The van der Waals surface area contributed by atoms with Crippen molar-refractivity contribution in [1.82, 2.24) is 18.7 Å². The number of aromatic nitrogens is 4. The fourth-order valence-corrected chi connectivity index (χ4v) is 3.74. The quantitative estimate of drug-likeness (QED) is 0.460. The van der Waals surface area contributed by atoms with E-state index in [-0.39, 0.29) is 17.8 Å². The Bertz CT molecular complexity index is 1270. The van der Waals surface area contributed by atoms with Gasteiger partial charge in [0.25, 0.3) is 5.56 Å². The summed E-state index contributed by atoms with van der Waals surface area (Å²) in [5.41, 5.74) is 3.17. The number of hydrogen-bond donors (Lipinski definition) is 0. The van der Waals surface area contributed by atoms with Gasteiger partial charge in [0.05, 0.1) is 13.1 Å². The number of rotatable bonds is 4. The summed E-state index contributed by atoms with van der Waals surface area (Å²) in [5.74, 6) is 0. The van der Waals surface area contributed by atoms with Crippen molar-refractivity contribution in [2.24, 2.45) is 7.05 Å². The zero-order valence-corrected chi connectivity index (χ0v) is 17.2. The van der Waals surface area contributed by atoms with Gasteiger partial charge in [-0.05, 0) is 34.0 Å². The van der Waals surface area contributed by atoms with Gasteiger partial charge in [-0.25, -0.2) is 9.78 Å². The SMILES string of the molecule is Cc1ccc(Cn2c(Br)nc3c2c(=O)n(Cc2ccccc2)c(=O)n3C)cc1. The number of fused-ring (bicyclic) bond motifs is 1. The van der Waals surface area contributed by atoms with Gasteiger partial charge in [0, 0.05) is 7.05 Å². The van der Waals surface area contributed by atoms with Crippen molar-refractivity contribution >= 4 is 27.1 Å². The van der Waals surface area contributed by atoms with E-state index in [0.717, 1.165) is 11.1 Å². The van der Waals surface area contributed by atoms with Crippen molar-refractivity contribution in [1.29, 1.82) is 0 Å². The first kappa shape index (κ1) is 18.4. The van der Waals surface area contributed by atoms with Crippen molar-refractivity contribution in [3.8, 4) is 0 Å².